The van der Waals surface area contributed by atoms with Gasteiger partial charge in [0.1, 0.15) is 0 Å². The van der Waals surface area contributed by atoms with Gasteiger partial charge in [-0.05, 0) is 11.1 Å². The Bertz CT molecular complexity index is 1010. The molecule has 0 amide bonds. The summed E-state index contributed by atoms with van der Waals surface area (Å²) in [4.78, 5) is 40.2. The molecule has 132 valence electrons. The third-order valence-electron chi connectivity index (χ3n) is 3.37. The van der Waals surface area contributed by atoms with E-state index in [1.807, 2.05) is 24.3 Å². The molecule has 0 spiro atoms. The monoisotopic (exact) mass is 381 g/mol. The molecular weight excluding hydrogens is 365 g/mol. The molecule has 0 radical (unpaired) electrons. The van der Waals surface area contributed by atoms with Crippen molar-refractivity contribution in [1.82, 2.24) is 19.5 Å². The minimum absolute atomic E-state index is 0.0295. The Kier molecular flexibility index (Phi) is 4.96. The molecule has 9 nitrogen and oxygen atoms in total. The van der Waals surface area contributed by atoms with Gasteiger partial charge in [-0.3, -0.25) is 14.3 Å². The molecule has 3 aromatic rings. The first-order valence-corrected chi connectivity index (χ1v) is 10.2. The summed E-state index contributed by atoms with van der Waals surface area (Å²) < 4.78 is 12.6. The number of nitrogens with two attached hydrogens (primary N) is 1. The van der Waals surface area contributed by atoms with Gasteiger partial charge in [0.2, 0.25) is 5.95 Å². The Morgan fingerprint density at radius 2 is 2.08 bits per heavy atom. The fourth-order valence-corrected chi connectivity index (χ4v) is 4.12. The van der Waals surface area contributed by atoms with Crippen molar-refractivity contribution in [3.05, 3.63) is 52.1 Å². The van der Waals surface area contributed by atoms with Crippen molar-refractivity contribution in [2.75, 3.05) is 11.2 Å². The molecule has 2 heterocycles. The van der Waals surface area contributed by atoms with Gasteiger partial charge in [-0.2, -0.15) is 4.98 Å². The van der Waals surface area contributed by atoms with Crippen molar-refractivity contribution in [3.63, 3.8) is 0 Å². The number of rotatable bonds is 6. The van der Waals surface area contributed by atoms with Crippen LogP contribution in [0.25, 0.3) is 11.2 Å². The molecular formula is C14H16N5O4PS. The Balaban J connectivity index is 1.79. The van der Waals surface area contributed by atoms with Gasteiger partial charge in [-0.15, -0.1) is 11.8 Å². The quantitative estimate of drug-likeness (QED) is 0.464. The van der Waals surface area contributed by atoms with E-state index >= 15 is 0 Å². The van der Waals surface area contributed by atoms with Gasteiger partial charge in [0, 0.05) is 5.75 Å². The van der Waals surface area contributed by atoms with Crippen LogP contribution >= 0.6 is 19.4 Å². The molecule has 0 aliphatic rings. The number of hydrogen-bond donors (Lipinski definition) is 4. The van der Waals surface area contributed by atoms with E-state index in [4.69, 9.17) is 15.5 Å². The number of nitrogen functional groups attached to an aromatic ring is 1. The molecule has 0 aliphatic heterocycles. The number of imidazole rings is 1. The van der Waals surface area contributed by atoms with Crippen molar-refractivity contribution in [1.29, 1.82) is 0 Å². The highest BCUT2D eigenvalue weighted by Crippen LogP contribution is 2.39. The zero-order valence-corrected chi connectivity index (χ0v) is 14.7. The highest BCUT2D eigenvalue weighted by atomic mass is 32.2. The van der Waals surface area contributed by atoms with Crippen LogP contribution in [-0.2, 0) is 16.9 Å². The van der Waals surface area contributed by atoms with E-state index in [0.717, 1.165) is 11.1 Å². The van der Waals surface area contributed by atoms with E-state index in [2.05, 4.69) is 15.0 Å². The first kappa shape index (κ1) is 17.7. The van der Waals surface area contributed by atoms with Crippen LogP contribution in [0.2, 0.25) is 0 Å². The van der Waals surface area contributed by atoms with Crippen LogP contribution in [-0.4, -0.2) is 34.8 Å². The second kappa shape index (κ2) is 7.01. The Hall–Kier alpha value is -2.13. The van der Waals surface area contributed by atoms with E-state index in [1.165, 1.54) is 18.1 Å². The molecule has 0 atom stereocenters. The standard InChI is InChI=1S/C14H16N5O4PS/c15-14-17-12-11(13(20)18-14)16-7-19(12)5-9-2-1-3-10(4-9)6-25-8-24(21,22)23/h1-4,7H,5-6,8H2,(H2,21,22,23)(H3,15,17,18,20). The average molecular weight is 381 g/mol. The lowest BCUT2D eigenvalue weighted by atomic mass is 10.1. The summed E-state index contributed by atoms with van der Waals surface area (Å²) in [6.45, 7) is 0.448. The molecule has 0 aliphatic carbocycles. The predicted octanol–water partition coefficient (Wildman–Crippen LogP) is 1.12. The van der Waals surface area contributed by atoms with Crippen LogP contribution < -0.4 is 11.3 Å². The van der Waals surface area contributed by atoms with E-state index in [9.17, 15) is 9.36 Å². The third-order valence-corrected chi connectivity index (χ3v) is 5.98. The van der Waals surface area contributed by atoms with Crippen LogP contribution in [0.15, 0.2) is 35.4 Å². The summed E-state index contributed by atoms with van der Waals surface area (Å²) in [5, 5.41) is 0. The minimum atomic E-state index is -4.00. The topological polar surface area (TPSA) is 147 Å². The molecule has 1 aromatic carbocycles. The molecule has 0 bridgehead atoms. The Morgan fingerprint density at radius 3 is 2.84 bits per heavy atom. The van der Waals surface area contributed by atoms with Crippen LogP contribution in [0.1, 0.15) is 11.1 Å². The lowest BCUT2D eigenvalue weighted by Crippen LogP contribution is -2.12. The maximum absolute atomic E-state index is 11.8. The van der Waals surface area contributed by atoms with Gasteiger partial charge in [0.25, 0.3) is 5.56 Å². The maximum Gasteiger partial charge on any atom is 0.335 e. The van der Waals surface area contributed by atoms with Gasteiger partial charge in [0.05, 0.1) is 18.4 Å². The largest absolute Gasteiger partial charge is 0.369 e. The van der Waals surface area contributed by atoms with Crippen molar-refractivity contribution < 1.29 is 14.4 Å². The smallest absolute Gasteiger partial charge is 0.335 e. The first-order valence-electron chi connectivity index (χ1n) is 7.22. The lowest BCUT2D eigenvalue weighted by Gasteiger charge is -2.08. The van der Waals surface area contributed by atoms with Crippen LogP contribution in [0.4, 0.5) is 5.95 Å². The molecule has 25 heavy (non-hydrogen) atoms. The number of aromatic amines is 1. The number of H-pyrrole nitrogens is 1. The van der Waals surface area contributed by atoms with Crippen LogP contribution in [0.3, 0.4) is 0 Å². The molecule has 0 unspecified atom stereocenters. The van der Waals surface area contributed by atoms with E-state index in [0.29, 0.717) is 17.9 Å². The molecule has 11 heteroatoms. The molecule has 3 rings (SSSR count). The normalized spacial score (nSPS) is 11.9. The summed E-state index contributed by atoms with van der Waals surface area (Å²) in [5.41, 5.74) is 7.52. The van der Waals surface area contributed by atoms with Gasteiger partial charge in [-0.1, -0.05) is 24.3 Å². The zero-order chi connectivity index (χ0) is 18.0. The number of nitrogens with one attached hydrogen (secondary N) is 1. The highest BCUT2D eigenvalue weighted by Gasteiger charge is 2.13. The predicted molar refractivity (Wildman–Crippen MR) is 96.3 cm³/mol. The lowest BCUT2D eigenvalue weighted by molar-refractivity contribution is 0.379. The summed E-state index contributed by atoms with van der Waals surface area (Å²) >= 11 is 1.18. The zero-order valence-electron chi connectivity index (χ0n) is 13.0. The number of fused-ring (bicyclic) bond motifs is 1. The Morgan fingerprint density at radius 1 is 1.32 bits per heavy atom. The second-order valence-corrected chi connectivity index (χ2v) is 8.52. The highest BCUT2D eigenvalue weighted by molar-refractivity contribution is 8.03. The Labute approximate surface area is 146 Å². The second-order valence-electron chi connectivity index (χ2n) is 5.46. The molecule has 0 saturated carbocycles. The third kappa shape index (κ3) is 4.49. The minimum Gasteiger partial charge on any atom is -0.369 e. The summed E-state index contributed by atoms with van der Waals surface area (Å²) in [5.74, 6) is 0.524. The first-order chi connectivity index (χ1) is 11.8. The summed E-state index contributed by atoms with van der Waals surface area (Å²) in [6.07, 6.45) is 1.53. The van der Waals surface area contributed by atoms with Crippen molar-refractivity contribution in [2.24, 2.45) is 0 Å². The number of anilines is 1. The van der Waals surface area contributed by atoms with Gasteiger partial charge >= 0.3 is 7.60 Å². The molecule has 0 fully saturated rings. The van der Waals surface area contributed by atoms with E-state index < -0.39 is 7.60 Å². The van der Waals surface area contributed by atoms with Crippen molar-refractivity contribution >= 4 is 36.5 Å². The number of hydrogen-bond acceptors (Lipinski definition) is 6. The van der Waals surface area contributed by atoms with E-state index in [-0.39, 0.29) is 22.5 Å². The van der Waals surface area contributed by atoms with E-state index in [1.54, 1.807) is 4.57 Å². The van der Waals surface area contributed by atoms with Gasteiger partial charge in [0.15, 0.2) is 11.2 Å². The summed E-state index contributed by atoms with van der Waals surface area (Å²) in [6, 6.07) is 7.62. The van der Waals surface area contributed by atoms with Crippen LogP contribution in [0.5, 0.6) is 0 Å². The fourth-order valence-electron chi connectivity index (χ4n) is 2.38. The number of thioether (sulfide) groups is 1. The summed E-state index contributed by atoms with van der Waals surface area (Å²) in [7, 11) is -4.00. The van der Waals surface area contributed by atoms with Gasteiger partial charge < -0.3 is 20.1 Å². The van der Waals surface area contributed by atoms with Crippen LogP contribution in [0, 0.1) is 0 Å². The number of benzene rings is 1. The maximum atomic E-state index is 11.8. The SMILES string of the molecule is Nc1nc2c(ncn2Cc2cccc(CSCP(=O)(O)O)c2)c(=O)[nH]1. The average Bonchev–Trinajstić information content (AvgIpc) is 2.89. The molecule has 0 saturated heterocycles. The fraction of sp³-hybridized carbons (Fsp3) is 0.214. The number of nitrogens with zero attached hydrogens (tertiary/aromatic N) is 3. The van der Waals surface area contributed by atoms with Crippen molar-refractivity contribution in [2.45, 2.75) is 12.3 Å². The molecule has 5 N–H and O–H groups in total. The van der Waals surface area contributed by atoms with Gasteiger partial charge in [-0.25, -0.2) is 4.98 Å². The van der Waals surface area contributed by atoms with Crippen molar-refractivity contribution in [3.8, 4) is 0 Å². The number of aromatic nitrogens is 4. The molecule has 2 aromatic heterocycles.